The lowest BCUT2D eigenvalue weighted by Gasteiger charge is -2.10. The van der Waals surface area contributed by atoms with Crippen LogP contribution >= 0.6 is 27.5 Å². The topological polar surface area (TPSA) is 71.3 Å². The average molecular weight is 498 g/mol. The molecule has 0 aromatic heterocycles. The van der Waals surface area contributed by atoms with E-state index in [4.69, 9.17) is 21.1 Å². The summed E-state index contributed by atoms with van der Waals surface area (Å²) in [5.74, 6) is 0.959. The van der Waals surface area contributed by atoms with Crippen LogP contribution in [0.3, 0.4) is 0 Å². The third kappa shape index (κ3) is 6.35. The van der Waals surface area contributed by atoms with Gasteiger partial charge < -0.3 is 14.8 Å². The molecule has 0 spiro atoms. The SMILES string of the molecule is COc1ccc(/C(C#N)=C/c2ccc(OCC(=O)Nc3ccc(Cl)cc3)c(Br)c2)cc1. The Morgan fingerprint density at radius 3 is 2.45 bits per heavy atom. The highest BCUT2D eigenvalue weighted by atomic mass is 79.9. The number of hydrogen-bond acceptors (Lipinski definition) is 4. The lowest BCUT2D eigenvalue weighted by atomic mass is 10.0. The van der Waals surface area contributed by atoms with Crippen molar-refractivity contribution in [1.82, 2.24) is 0 Å². The molecule has 0 aliphatic rings. The molecule has 5 nitrogen and oxygen atoms in total. The number of ether oxygens (including phenoxy) is 2. The molecule has 3 rings (SSSR count). The van der Waals surface area contributed by atoms with Crippen LogP contribution in [0.4, 0.5) is 5.69 Å². The van der Waals surface area contributed by atoms with Crippen molar-refractivity contribution in [3.8, 4) is 17.6 Å². The van der Waals surface area contributed by atoms with Gasteiger partial charge in [0.05, 0.1) is 23.2 Å². The Balaban J connectivity index is 1.65. The number of carbonyl (C=O) groups excluding carboxylic acids is 1. The van der Waals surface area contributed by atoms with Gasteiger partial charge in [0.1, 0.15) is 11.5 Å². The summed E-state index contributed by atoms with van der Waals surface area (Å²) in [7, 11) is 1.60. The summed E-state index contributed by atoms with van der Waals surface area (Å²) < 4.78 is 11.4. The quantitative estimate of drug-likeness (QED) is 0.312. The number of allylic oxidation sites excluding steroid dienone is 1. The second-order valence-corrected chi connectivity index (χ2v) is 7.72. The molecule has 0 radical (unpaired) electrons. The van der Waals surface area contributed by atoms with Gasteiger partial charge in [-0.2, -0.15) is 5.26 Å². The number of amides is 1. The van der Waals surface area contributed by atoms with Crippen LogP contribution in [-0.2, 0) is 4.79 Å². The van der Waals surface area contributed by atoms with Crippen LogP contribution in [0.2, 0.25) is 5.02 Å². The molecule has 0 aliphatic carbocycles. The number of nitrogens with zero attached hydrogens (tertiary/aromatic N) is 1. The number of nitrogens with one attached hydrogen (secondary N) is 1. The number of hydrogen-bond donors (Lipinski definition) is 1. The van der Waals surface area contributed by atoms with Crippen LogP contribution < -0.4 is 14.8 Å². The fourth-order valence-electron chi connectivity index (χ4n) is 2.71. The van der Waals surface area contributed by atoms with Crippen molar-refractivity contribution in [1.29, 1.82) is 5.26 Å². The maximum Gasteiger partial charge on any atom is 0.262 e. The van der Waals surface area contributed by atoms with E-state index in [0.717, 1.165) is 16.9 Å². The summed E-state index contributed by atoms with van der Waals surface area (Å²) >= 11 is 9.30. The van der Waals surface area contributed by atoms with Crippen molar-refractivity contribution in [2.75, 3.05) is 19.0 Å². The Kier molecular flexibility index (Phi) is 7.71. The molecule has 1 amide bonds. The van der Waals surface area contributed by atoms with Crippen molar-refractivity contribution in [2.24, 2.45) is 0 Å². The maximum atomic E-state index is 12.1. The van der Waals surface area contributed by atoms with Gasteiger partial charge in [0.15, 0.2) is 6.61 Å². The molecule has 0 fully saturated rings. The fraction of sp³-hybridized carbons (Fsp3) is 0.0833. The predicted octanol–water partition coefficient (Wildman–Crippen LogP) is 6.19. The molecule has 156 valence electrons. The molecule has 7 heteroatoms. The van der Waals surface area contributed by atoms with Gasteiger partial charge in [0.25, 0.3) is 5.91 Å². The number of nitriles is 1. The zero-order valence-corrected chi connectivity index (χ0v) is 18.9. The van der Waals surface area contributed by atoms with E-state index in [2.05, 4.69) is 27.3 Å². The van der Waals surface area contributed by atoms with Crippen molar-refractivity contribution in [2.45, 2.75) is 0 Å². The van der Waals surface area contributed by atoms with Crippen LogP contribution in [-0.4, -0.2) is 19.6 Å². The van der Waals surface area contributed by atoms with Crippen molar-refractivity contribution in [3.63, 3.8) is 0 Å². The van der Waals surface area contributed by atoms with E-state index in [1.54, 1.807) is 43.5 Å². The molecule has 31 heavy (non-hydrogen) atoms. The van der Waals surface area contributed by atoms with Crippen LogP contribution in [0.15, 0.2) is 71.2 Å². The number of halogens is 2. The van der Waals surface area contributed by atoms with E-state index >= 15 is 0 Å². The number of methoxy groups -OCH3 is 1. The first kappa shape index (κ1) is 22.4. The molecule has 0 heterocycles. The number of anilines is 1. The Hall–Kier alpha value is -3.27. The molecule has 0 atom stereocenters. The lowest BCUT2D eigenvalue weighted by Crippen LogP contribution is -2.20. The second-order valence-electron chi connectivity index (χ2n) is 6.43. The molecular formula is C24H18BrClN2O3. The molecule has 3 aromatic carbocycles. The molecule has 0 aliphatic heterocycles. The third-order valence-corrected chi connectivity index (χ3v) is 5.15. The summed E-state index contributed by atoms with van der Waals surface area (Å²) in [5.41, 5.74) is 2.77. The standard InChI is InChI=1S/C24H18BrClN2O3/c1-30-21-9-3-17(4-10-21)18(14-27)12-16-2-11-23(22(25)13-16)31-15-24(29)28-20-7-5-19(26)6-8-20/h2-13H,15H2,1H3,(H,28,29)/b18-12+. The van der Waals surface area contributed by atoms with Crippen molar-refractivity contribution >= 4 is 50.8 Å². The van der Waals surface area contributed by atoms with E-state index < -0.39 is 0 Å². The predicted molar refractivity (Wildman–Crippen MR) is 126 cm³/mol. The van der Waals surface area contributed by atoms with Gasteiger partial charge in [0.2, 0.25) is 0 Å². The number of rotatable bonds is 7. The van der Waals surface area contributed by atoms with E-state index in [1.807, 2.05) is 36.4 Å². The highest BCUT2D eigenvalue weighted by Crippen LogP contribution is 2.28. The minimum atomic E-state index is -0.288. The summed E-state index contributed by atoms with van der Waals surface area (Å²) in [6, 6.07) is 21.7. The van der Waals surface area contributed by atoms with Gasteiger partial charge in [-0.05, 0) is 93.8 Å². The van der Waals surface area contributed by atoms with Gasteiger partial charge in [-0.3, -0.25) is 4.79 Å². The van der Waals surface area contributed by atoms with Gasteiger partial charge in [-0.15, -0.1) is 0 Å². The summed E-state index contributed by atoms with van der Waals surface area (Å²) in [6.45, 7) is -0.147. The van der Waals surface area contributed by atoms with Gasteiger partial charge in [0, 0.05) is 10.7 Å². The van der Waals surface area contributed by atoms with Crippen molar-refractivity contribution < 1.29 is 14.3 Å². The van der Waals surface area contributed by atoms with Crippen LogP contribution in [0.1, 0.15) is 11.1 Å². The van der Waals surface area contributed by atoms with Crippen LogP contribution in [0.25, 0.3) is 11.6 Å². The van der Waals surface area contributed by atoms with E-state index in [9.17, 15) is 10.1 Å². The van der Waals surface area contributed by atoms with Gasteiger partial charge in [-0.1, -0.05) is 17.7 Å². The zero-order chi connectivity index (χ0) is 22.2. The summed E-state index contributed by atoms with van der Waals surface area (Å²) in [6.07, 6.45) is 1.78. The lowest BCUT2D eigenvalue weighted by molar-refractivity contribution is -0.118. The van der Waals surface area contributed by atoms with Crippen LogP contribution in [0, 0.1) is 11.3 Å². The number of benzene rings is 3. The van der Waals surface area contributed by atoms with Crippen LogP contribution in [0.5, 0.6) is 11.5 Å². The average Bonchev–Trinajstić information content (AvgIpc) is 2.78. The first-order valence-corrected chi connectivity index (χ1v) is 10.4. The third-order valence-electron chi connectivity index (χ3n) is 4.28. The minimum absolute atomic E-state index is 0.147. The minimum Gasteiger partial charge on any atom is -0.497 e. The van der Waals surface area contributed by atoms with Gasteiger partial charge in [-0.25, -0.2) is 0 Å². The Labute approximate surface area is 194 Å². The van der Waals surface area contributed by atoms with Crippen molar-refractivity contribution in [3.05, 3.63) is 87.4 Å². The monoisotopic (exact) mass is 496 g/mol. The highest BCUT2D eigenvalue weighted by molar-refractivity contribution is 9.10. The normalized spacial score (nSPS) is 10.8. The fourth-order valence-corrected chi connectivity index (χ4v) is 3.35. The Morgan fingerprint density at radius 1 is 1.13 bits per heavy atom. The highest BCUT2D eigenvalue weighted by Gasteiger charge is 2.08. The van der Waals surface area contributed by atoms with E-state index in [1.165, 1.54) is 0 Å². The first-order valence-electron chi connectivity index (χ1n) is 9.22. The molecule has 1 N–H and O–H groups in total. The Morgan fingerprint density at radius 2 is 1.84 bits per heavy atom. The number of carbonyl (C=O) groups is 1. The molecule has 3 aromatic rings. The largest absolute Gasteiger partial charge is 0.497 e. The second kappa shape index (κ2) is 10.7. The molecule has 0 saturated heterocycles. The first-order chi connectivity index (χ1) is 15.0. The maximum absolute atomic E-state index is 12.1. The molecular weight excluding hydrogens is 480 g/mol. The summed E-state index contributed by atoms with van der Waals surface area (Å²) in [4.78, 5) is 12.1. The molecule has 0 bridgehead atoms. The molecule has 0 saturated carbocycles. The van der Waals surface area contributed by atoms with E-state index in [0.29, 0.717) is 26.5 Å². The molecule has 0 unspecified atom stereocenters. The summed E-state index contributed by atoms with van der Waals surface area (Å²) in [5, 5.41) is 12.9. The zero-order valence-electron chi connectivity index (χ0n) is 16.6. The Bertz CT molecular complexity index is 1140. The smallest absolute Gasteiger partial charge is 0.262 e. The van der Waals surface area contributed by atoms with E-state index in [-0.39, 0.29) is 12.5 Å². The van der Waals surface area contributed by atoms with Gasteiger partial charge >= 0.3 is 0 Å².